The van der Waals surface area contributed by atoms with Crippen LogP contribution in [-0.4, -0.2) is 59.8 Å². The van der Waals surface area contributed by atoms with E-state index in [-0.39, 0.29) is 29.5 Å². The van der Waals surface area contributed by atoms with Gasteiger partial charge in [-0.3, -0.25) is 19.0 Å². The van der Waals surface area contributed by atoms with Gasteiger partial charge in [-0.15, -0.1) is 0 Å². The molecule has 3 heterocycles. The Labute approximate surface area is 222 Å². The number of carbonyl (C=O) groups is 2. The number of hydrogen-bond donors (Lipinski definition) is 2. The van der Waals surface area contributed by atoms with Crippen LogP contribution in [0.2, 0.25) is 0 Å². The summed E-state index contributed by atoms with van der Waals surface area (Å²) < 4.78 is 16.8. The van der Waals surface area contributed by atoms with E-state index in [2.05, 4.69) is 15.4 Å². The van der Waals surface area contributed by atoms with E-state index in [0.29, 0.717) is 48.3 Å². The Morgan fingerprint density at radius 2 is 1.79 bits per heavy atom. The van der Waals surface area contributed by atoms with E-state index in [1.54, 1.807) is 30.3 Å². The van der Waals surface area contributed by atoms with Gasteiger partial charge in [-0.05, 0) is 62.1 Å². The van der Waals surface area contributed by atoms with Crippen LogP contribution in [-0.2, 0) is 11.3 Å². The first kappa shape index (κ1) is 24.9. The minimum Gasteiger partial charge on any atom is -0.388 e. The number of rotatable bonds is 6. The molecule has 1 aliphatic heterocycles. The Hall–Kier alpha value is -4.38. The van der Waals surface area contributed by atoms with Gasteiger partial charge in [-0.2, -0.15) is 5.10 Å². The van der Waals surface area contributed by atoms with Crippen molar-refractivity contribution in [3.05, 3.63) is 82.8 Å². The number of nitrogens with one attached hydrogen (secondary N) is 1. The van der Waals surface area contributed by atoms with E-state index in [1.165, 1.54) is 40.0 Å². The van der Waals surface area contributed by atoms with Gasteiger partial charge in [0.2, 0.25) is 5.91 Å². The highest BCUT2D eigenvalue weighted by molar-refractivity contribution is 6.04. The van der Waals surface area contributed by atoms with Crippen LogP contribution in [0.3, 0.4) is 0 Å². The molecule has 11 heteroatoms. The SMILES string of the molecule is O=C(Nc1ccc(-n2ncc3c(=O)n(CC4(O)CCN(C(=O)C5CC5)CC4)cnc32)cc1)c1ccccc1F. The molecule has 2 fully saturated rings. The first-order chi connectivity index (χ1) is 18.8. The summed E-state index contributed by atoms with van der Waals surface area (Å²) in [6.07, 6.45) is 5.54. The minimum absolute atomic E-state index is 0.0536. The summed E-state index contributed by atoms with van der Waals surface area (Å²) >= 11 is 0. The highest BCUT2D eigenvalue weighted by Crippen LogP contribution is 2.33. The zero-order chi connectivity index (χ0) is 27.1. The molecular formula is C28H27FN6O4. The van der Waals surface area contributed by atoms with Gasteiger partial charge in [0, 0.05) is 24.7 Å². The molecule has 39 heavy (non-hydrogen) atoms. The van der Waals surface area contributed by atoms with E-state index in [0.717, 1.165) is 12.8 Å². The third-order valence-electron chi connectivity index (χ3n) is 7.44. The highest BCUT2D eigenvalue weighted by Gasteiger charge is 2.39. The zero-order valence-corrected chi connectivity index (χ0v) is 21.1. The molecule has 2 aliphatic rings. The molecule has 0 unspecified atom stereocenters. The van der Waals surface area contributed by atoms with Crippen molar-refractivity contribution in [2.24, 2.45) is 5.92 Å². The smallest absolute Gasteiger partial charge is 0.264 e. The van der Waals surface area contributed by atoms with Gasteiger partial charge in [0.25, 0.3) is 11.5 Å². The molecule has 1 saturated heterocycles. The second-order valence-electron chi connectivity index (χ2n) is 10.3. The van der Waals surface area contributed by atoms with Crippen LogP contribution in [0.1, 0.15) is 36.0 Å². The number of halogens is 1. The quantitative estimate of drug-likeness (QED) is 0.395. The number of likely N-dealkylation sites (tertiary alicyclic amines) is 1. The number of carbonyl (C=O) groups excluding carboxylic acids is 2. The number of benzene rings is 2. The summed E-state index contributed by atoms with van der Waals surface area (Å²) in [5, 5.41) is 18.4. The van der Waals surface area contributed by atoms with Crippen molar-refractivity contribution in [2.45, 2.75) is 37.8 Å². The second-order valence-corrected chi connectivity index (χ2v) is 10.3. The molecule has 2 aromatic heterocycles. The minimum atomic E-state index is -1.10. The average Bonchev–Trinajstić information content (AvgIpc) is 3.70. The van der Waals surface area contributed by atoms with Gasteiger partial charge in [-0.25, -0.2) is 14.1 Å². The summed E-state index contributed by atoms with van der Waals surface area (Å²) in [5.74, 6) is -0.844. The largest absolute Gasteiger partial charge is 0.388 e. The first-order valence-corrected chi connectivity index (χ1v) is 12.9. The molecule has 4 aromatic rings. The predicted octanol–water partition coefficient (Wildman–Crippen LogP) is 2.74. The Kier molecular flexibility index (Phi) is 6.22. The Bertz CT molecular complexity index is 1620. The normalized spacial score (nSPS) is 16.8. The van der Waals surface area contributed by atoms with Crippen molar-refractivity contribution in [3.63, 3.8) is 0 Å². The third-order valence-corrected chi connectivity index (χ3v) is 7.44. The number of fused-ring (bicyclic) bond motifs is 1. The molecule has 0 bridgehead atoms. The van der Waals surface area contributed by atoms with E-state index in [9.17, 15) is 23.9 Å². The maximum atomic E-state index is 13.9. The van der Waals surface area contributed by atoms with Crippen molar-refractivity contribution < 1.29 is 19.1 Å². The van der Waals surface area contributed by atoms with Crippen LogP contribution >= 0.6 is 0 Å². The molecule has 1 saturated carbocycles. The lowest BCUT2D eigenvalue weighted by Crippen LogP contribution is -2.50. The van der Waals surface area contributed by atoms with Gasteiger partial charge in [-0.1, -0.05) is 12.1 Å². The number of hydrogen-bond acceptors (Lipinski definition) is 6. The van der Waals surface area contributed by atoms with E-state index in [1.807, 2.05) is 4.90 Å². The molecule has 2 amide bonds. The topological polar surface area (TPSA) is 122 Å². The molecule has 200 valence electrons. The number of aliphatic hydroxyl groups is 1. The molecule has 2 aromatic carbocycles. The summed E-state index contributed by atoms with van der Waals surface area (Å²) in [6, 6.07) is 12.5. The maximum absolute atomic E-state index is 13.9. The Morgan fingerprint density at radius 3 is 2.49 bits per heavy atom. The Morgan fingerprint density at radius 1 is 1.08 bits per heavy atom. The average molecular weight is 531 g/mol. The van der Waals surface area contributed by atoms with E-state index < -0.39 is 17.3 Å². The monoisotopic (exact) mass is 530 g/mol. The lowest BCUT2D eigenvalue weighted by molar-refractivity contribution is -0.137. The Balaban J connectivity index is 1.16. The summed E-state index contributed by atoms with van der Waals surface area (Å²) in [5.41, 5.74) is -0.0247. The lowest BCUT2D eigenvalue weighted by atomic mass is 9.91. The number of amides is 2. The highest BCUT2D eigenvalue weighted by atomic mass is 19.1. The molecule has 0 radical (unpaired) electrons. The third kappa shape index (κ3) is 4.92. The summed E-state index contributed by atoms with van der Waals surface area (Å²) in [7, 11) is 0. The van der Waals surface area contributed by atoms with Gasteiger partial charge in [0.15, 0.2) is 5.65 Å². The van der Waals surface area contributed by atoms with Gasteiger partial charge < -0.3 is 15.3 Å². The standard InChI is InChI=1S/C28H27FN6O4/c29-23-4-2-1-3-21(23)25(36)32-19-7-9-20(10-8-19)35-24-22(15-31-35)27(38)34(17-30-24)16-28(39)11-13-33(14-12-28)26(37)18-5-6-18/h1-4,7-10,15,17-18,39H,5-6,11-14,16H2,(H,32,36). The van der Waals surface area contributed by atoms with Gasteiger partial charge in [0.05, 0.1) is 29.6 Å². The lowest BCUT2D eigenvalue weighted by Gasteiger charge is -2.38. The summed E-state index contributed by atoms with van der Waals surface area (Å²) in [4.78, 5) is 44.2. The fraction of sp³-hybridized carbons (Fsp3) is 0.321. The first-order valence-electron chi connectivity index (χ1n) is 12.9. The molecular weight excluding hydrogens is 503 g/mol. The predicted molar refractivity (Wildman–Crippen MR) is 141 cm³/mol. The number of aromatic nitrogens is 4. The summed E-state index contributed by atoms with van der Waals surface area (Å²) in [6.45, 7) is 1.04. The molecule has 6 rings (SSSR count). The van der Waals surface area contributed by atoms with Crippen LogP contribution in [0, 0.1) is 11.7 Å². The van der Waals surface area contributed by atoms with Crippen LogP contribution in [0.4, 0.5) is 10.1 Å². The zero-order valence-electron chi connectivity index (χ0n) is 21.1. The number of piperidine rings is 1. The van der Waals surface area contributed by atoms with Crippen molar-refractivity contribution in [3.8, 4) is 5.69 Å². The molecule has 0 spiro atoms. The van der Waals surface area contributed by atoms with E-state index >= 15 is 0 Å². The molecule has 10 nitrogen and oxygen atoms in total. The van der Waals surface area contributed by atoms with Crippen LogP contribution in [0.25, 0.3) is 16.7 Å². The molecule has 0 atom stereocenters. The number of anilines is 1. The van der Waals surface area contributed by atoms with Crippen molar-refractivity contribution in [2.75, 3.05) is 18.4 Å². The van der Waals surface area contributed by atoms with Crippen LogP contribution in [0.5, 0.6) is 0 Å². The maximum Gasteiger partial charge on any atom is 0.264 e. The van der Waals surface area contributed by atoms with Crippen LogP contribution < -0.4 is 10.9 Å². The van der Waals surface area contributed by atoms with Gasteiger partial charge in [0.1, 0.15) is 17.5 Å². The fourth-order valence-electron chi connectivity index (χ4n) is 4.99. The van der Waals surface area contributed by atoms with Crippen molar-refractivity contribution in [1.82, 2.24) is 24.2 Å². The van der Waals surface area contributed by atoms with Crippen LogP contribution in [0.15, 0.2) is 65.8 Å². The van der Waals surface area contributed by atoms with Gasteiger partial charge >= 0.3 is 0 Å². The number of nitrogens with zero attached hydrogens (tertiary/aromatic N) is 5. The molecule has 2 N–H and O–H groups in total. The molecule has 1 aliphatic carbocycles. The van der Waals surface area contributed by atoms with Crippen molar-refractivity contribution >= 4 is 28.5 Å². The van der Waals surface area contributed by atoms with E-state index in [4.69, 9.17) is 0 Å². The fourth-order valence-corrected chi connectivity index (χ4v) is 4.99. The van der Waals surface area contributed by atoms with Crippen molar-refractivity contribution in [1.29, 1.82) is 0 Å². The second kappa shape index (κ2) is 9.73.